The average Bonchev–Trinajstić information content (AvgIpc) is 2.89. The molecule has 4 heteroatoms. The van der Waals surface area contributed by atoms with Crippen LogP contribution in [-0.2, 0) is 6.54 Å². The highest BCUT2D eigenvalue weighted by Gasteiger charge is 2.18. The lowest BCUT2D eigenvalue weighted by molar-refractivity contribution is 0.395. The van der Waals surface area contributed by atoms with Gasteiger partial charge in [0.05, 0.1) is 24.3 Å². The molecule has 4 nitrogen and oxygen atoms in total. The number of rotatable bonds is 3. The van der Waals surface area contributed by atoms with Crippen molar-refractivity contribution in [2.24, 2.45) is 0 Å². The highest BCUT2D eigenvalue weighted by molar-refractivity contribution is 5.11. The van der Waals surface area contributed by atoms with Crippen LogP contribution in [0, 0.1) is 0 Å². The zero-order valence-corrected chi connectivity index (χ0v) is 10.4. The van der Waals surface area contributed by atoms with Crippen molar-refractivity contribution in [2.75, 3.05) is 6.54 Å². The molecule has 0 spiro atoms. The van der Waals surface area contributed by atoms with Gasteiger partial charge in [-0.3, -0.25) is 4.98 Å². The quantitative estimate of drug-likeness (QED) is 0.896. The summed E-state index contributed by atoms with van der Waals surface area (Å²) in [6.07, 6.45) is 9.50. The van der Waals surface area contributed by atoms with E-state index >= 15 is 0 Å². The number of nitrogens with zero attached hydrogens (tertiary/aromatic N) is 3. The van der Waals surface area contributed by atoms with Crippen LogP contribution in [0.2, 0.25) is 0 Å². The summed E-state index contributed by atoms with van der Waals surface area (Å²) in [7, 11) is 0. The molecule has 1 N–H and O–H groups in total. The van der Waals surface area contributed by atoms with Crippen LogP contribution in [0.25, 0.3) is 0 Å². The van der Waals surface area contributed by atoms with Crippen molar-refractivity contribution in [2.45, 2.75) is 31.8 Å². The third-order valence-electron chi connectivity index (χ3n) is 3.47. The molecule has 1 unspecified atom stereocenters. The largest absolute Gasteiger partial charge is 0.327 e. The molecule has 3 rings (SSSR count). The van der Waals surface area contributed by atoms with Gasteiger partial charge >= 0.3 is 0 Å². The Hall–Kier alpha value is -1.68. The minimum atomic E-state index is 0.449. The van der Waals surface area contributed by atoms with Crippen LogP contribution in [0.1, 0.15) is 36.7 Å². The molecule has 1 aliphatic heterocycles. The van der Waals surface area contributed by atoms with Gasteiger partial charge in [0.2, 0.25) is 0 Å². The third kappa shape index (κ3) is 2.43. The molecular weight excluding hydrogens is 224 g/mol. The number of imidazole rings is 1. The number of hydrogen-bond acceptors (Lipinski definition) is 3. The van der Waals surface area contributed by atoms with Crippen LogP contribution in [0.3, 0.4) is 0 Å². The van der Waals surface area contributed by atoms with E-state index in [1.54, 1.807) is 0 Å². The molecule has 0 radical (unpaired) electrons. The Morgan fingerprint density at radius 3 is 3.11 bits per heavy atom. The Kier molecular flexibility index (Phi) is 3.37. The molecule has 2 aromatic heterocycles. The van der Waals surface area contributed by atoms with Crippen LogP contribution < -0.4 is 5.32 Å². The van der Waals surface area contributed by atoms with Gasteiger partial charge in [-0.15, -0.1) is 0 Å². The lowest BCUT2D eigenvalue weighted by atomic mass is 10.0. The monoisotopic (exact) mass is 242 g/mol. The van der Waals surface area contributed by atoms with Gasteiger partial charge in [-0.25, -0.2) is 4.98 Å². The number of pyridine rings is 1. The smallest absolute Gasteiger partial charge is 0.0952 e. The molecule has 1 saturated heterocycles. The second kappa shape index (κ2) is 5.31. The maximum atomic E-state index is 4.37. The van der Waals surface area contributed by atoms with Gasteiger partial charge in [-0.05, 0) is 31.5 Å². The summed E-state index contributed by atoms with van der Waals surface area (Å²) < 4.78 is 2.20. The standard InChI is InChI=1S/C14H18N4/c1-3-7-16-12(5-1)10-18-11-15-9-14(18)13-6-2-4-8-17-13/h1,3,5,7,9,11,13,17H,2,4,6,8,10H2. The van der Waals surface area contributed by atoms with E-state index in [9.17, 15) is 0 Å². The molecular formula is C14H18N4. The SMILES string of the molecule is c1ccc(Cn2cncc2C2CCCCN2)nc1. The normalized spacial score (nSPS) is 19.9. The Bertz CT molecular complexity index is 486. The fourth-order valence-corrected chi connectivity index (χ4v) is 2.52. The van der Waals surface area contributed by atoms with Gasteiger partial charge < -0.3 is 9.88 Å². The van der Waals surface area contributed by atoms with E-state index in [0.29, 0.717) is 6.04 Å². The van der Waals surface area contributed by atoms with E-state index in [1.165, 1.54) is 25.0 Å². The molecule has 94 valence electrons. The van der Waals surface area contributed by atoms with Gasteiger partial charge in [0.25, 0.3) is 0 Å². The fourth-order valence-electron chi connectivity index (χ4n) is 2.52. The summed E-state index contributed by atoms with van der Waals surface area (Å²) in [4.78, 5) is 8.66. The summed E-state index contributed by atoms with van der Waals surface area (Å²) >= 11 is 0. The maximum Gasteiger partial charge on any atom is 0.0952 e. The summed E-state index contributed by atoms with van der Waals surface area (Å²) in [5.74, 6) is 0. The predicted octanol–water partition coefficient (Wildman–Crippen LogP) is 2.14. The average molecular weight is 242 g/mol. The van der Waals surface area contributed by atoms with E-state index in [-0.39, 0.29) is 0 Å². The second-order valence-electron chi connectivity index (χ2n) is 4.77. The summed E-state index contributed by atoms with van der Waals surface area (Å²) in [5, 5.41) is 3.57. The first kappa shape index (κ1) is 11.4. The predicted molar refractivity (Wildman–Crippen MR) is 70.2 cm³/mol. The van der Waals surface area contributed by atoms with Gasteiger partial charge in [0.15, 0.2) is 0 Å². The number of aromatic nitrogens is 3. The van der Waals surface area contributed by atoms with E-state index in [2.05, 4.69) is 25.9 Å². The van der Waals surface area contributed by atoms with Gasteiger partial charge in [0, 0.05) is 18.4 Å². The van der Waals surface area contributed by atoms with Crippen molar-refractivity contribution in [1.29, 1.82) is 0 Å². The third-order valence-corrected chi connectivity index (χ3v) is 3.47. The highest BCUT2D eigenvalue weighted by atomic mass is 15.1. The lowest BCUT2D eigenvalue weighted by Gasteiger charge is -2.24. The first-order valence-corrected chi connectivity index (χ1v) is 6.57. The van der Waals surface area contributed by atoms with Crippen molar-refractivity contribution >= 4 is 0 Å². The van der Waals surface area contributed by atoms with Crippen LogP contribution in [-0.4, -0.2) is 21.1 Å². The van der Waals surface area contributed by atoms with Crippen molar-refractivity contribution in [1.82, 2.24) is 19.9 Å². The van der Waals surface area contributed by atoms with Gasteiger partial charge in [-0.1, -0.05) is 12.5 Å². The number of piperidine rings is 1. The van der Waals surface area contributed by atoms with E-state index < -0.39 is 0 Å². The molecule has 1 aliphatic rings. The Morgan fingerprint density at radius 1 is 1.33 bits per heavy atom. The topological polar surface area (TPSA) is 42.7 Å². The number of nitrogens with one attached hydrogen (secondary N) is 1. The molecule has 0 aliphatic carbocycles. The molecule has 1 fully saturated rings. The van der Waals surface area contributed by atoms with Gasteiger partial charge in [-0.2, -0.15) is 0 Å². The Labute approximate surface area is 107 Å². The van der Waals surface area contributed by atoms with Crippen molar-refractivity contribution in [3.63, 3.8) is 0 Å². The summed E-state index contributed by atoms with van der Waals surface area (Å²) in [5.41, 5.74) is 2.35. The van der Waals surface area contributed by atoms with Crippen LogP contribution in [0.5, 0.6) is 0 Å². The van der Waals surface area contributed by atoms with Crippen LogP contribution in [0.15, 0.2) is 36.9 Å². The molecule has 0 bridgehead atoms. The molecule has 3 heterocycles. The first-order chi connectivity index (χ1) is 8.93. The zero-order chi connectivity index (χ0) is 12.2. The number of hydrogen-bond donors (Lipinski definition) is 1. The van der Waals surface area contributed by atoms with E-state index in [1.807, 2.05) is 30.9 Å². The Balaban J connectivity index is 1.78. The molecule has 1 atom stereocenters. The van der Waals surface area contributed by atoms with Crippen LogP contribution >= 0.6 is 0 Å². The van der Waals surface area contributed by atoms with Crippen molar-refractivity contribution in [3.8, 4) is 0 Å². The van der Waals surface area contributed by atoms with Crippen molar-refractivity contribution < 1.29 is 0 Å². The minimum absolute atomic E-state index is 0.449. The molecule has 0 amide bonds. The van der Waals surface area contributed by atoms with Gasteiger partial charge in [0.1, 0.15) is 0 Å². The summed E-state index contributed by atoms with van der Waals surface area (Å²) in [6, 6.07) is 6.47. The molecule has 18 heavy (non-hydrogen) atoms. The van der Waals surface area contributed by atoms with E-state index in [4.69, 9.17) is 0 Å². The van der Waals surface area contributed by atoms with E-state index in [0.717, 1.165) is 18.8 Å². The lowest BCUT2D eigenvalue weighted by Crippen LogP contribution is -2.28. The minimum Gasteiger partial charge on any atom is -0.327 e. The maximum absolute atomic E-state index is 4.37. The highest BCUT2D eigenvalue weighted by Crippen LogP contribution is 2.22. The molecule has 0 saturated carbocycles. The second-order valence-corrected chi connectivity index (χ2v) is 4.77. The summed E-state index contributed by atoms with van der Waals surface area (Å²) in [6.45, 7) is 1.91. The fraction of sp³-hybridized carbons (Fsp3) is 0.429. The molecule has 0 aromatic carbocycles. The van der Waals surface area contributed by atoms with Crippen LogP contribution in [0.4, 0.5) is 0 Å². The van der Waals surface area contributed by atoms with Crippen molar-refractivity contribution in [3.05, 3.63) is 48.3 Å². The first-order valence-electron chi connectivity index (χ1n) is 6.57. The zero-order valence-electron chi connectivity index (χ0n) is 10.4. The molecule has 2 aromatic rings. The Morgan fingerprint density at radius 2 is 2.33 bits per heavy atom.